The molecule has 1 heterocycles. The highest BCUT2D eigenvalue weighted by Crippen LogP contribution is 2.44. The summed E-state index contributed by atoms with van der Waals surface area (Å²) in [5.74, 6) is 0. The normalized spacial score (nSPS) is 13.3. The first-order valence-corrected chi connectivity index (χ1v) is 25.4. The number of aryl methyl sites for hydroxylation is 4. The van der Waals surface area contributed by atoms with E-state index in [0.29, 0.717) is 0 Å². The molecule has 324 valence electrons. The molecule has 0 unspecified atom stereocenters. The van der Waals surface area contributed by atoms with E-state index in [1.807, 2.05) is 0 Å². The maximum atomic E-state index is 12.6. The zero-order valence-electron chi connectivity index (χ0n) is 39.1. The van der Waals surface area contributed by atoms with E-state index in [4.69, 9.17) is 0 Å². The van der Waals surface area contributed by atoms with E-state index in [1.54, 1.807) is 4.70 Å². The van der Waals surface area contributed by atoms with Gasteiger partial charge in [-0.15, -0.1) is 0 Å². The van der Waals surface area contributed by atoms with Crippen molar-refractivity contribution in [2.45, 2.75) is 247 Å². The fourth-order valence-corrected chi connectivity index (χ4v) is 8.97. The molecule has 0 radical (unpaired) electrons. The lowest BCUT2D eigenvalue weighted by atomic mass is 9.91. The lowest BCUT2D eigenvalue weighted by molar-refractivity contribution is -0.345. The van der Waals surface area contributed by atoms with Gasteiger partial charge >= 0.3 is 0 Å². The Morgan fingerprint density at radius 3 is 1.05 bits per heavy atom. The van der Waals surface area contributed by atoms with Crippen LogP contribution in [-0.2, 0) is 25.7 Å². The molecular weight excluding hydrogens is 701 g/mol. The molecule has 0 aromatic heterocycles. The quantitative estimate of drug-likeness (QED) is 0.0491. The summed E-state index contributed by atoms with van der Waals surface area (Å²) in [5.41, 5.74) is 25.2. The zero-order chi connectivity index (χ0) is 41.6. The Labute approximate surface area is 360 Å². The summed E-state index contributed by atoms with van der Waals surface area (Å²) in [6, 6.07) is 14.5. The van der Waals surface area contributed by atoms with Crippen LogP contribution in [0.3, 0.4) is 0 Å². The number of hydrogen-bond donors (Lipinski definition) is 0. The van der Waals surface area contributed by atoms with Crippen molar-refractivity contribution in [2.24, 2.45) is 0 Å². The number of nitrogens with zero attached hydrogens (tertiary/aromatic N) is 2. The van der Waals surface area contributed by atoms with Crippen molar-refractivity contribution in [1.82, 2.24) is 0 Å². The molecule has 0 bridgehead atoms. The Kier molecular flexibility index (Phi) is 26.7. The van der Waals surface area contributed by atoms with Crippen molar-refractivity contribution in [3.05, 3.63) is 98.6 Å². The van der Waals surface area contributed by atoms with Crippen LogP contribution in [0.1, 0.15) is 255 Å². The highest BCUT2D eigenvalue weighted by atomic mass is 15.2. The fraction of sp³-hybridized carbons (Fsp3) is 0.679. The van der Waals surface area contributed by atoms with Gasteiger partial charge in [0.1, 0.15) is 0 Å². The smallest absolute Gasteiger partial charge is 0.215 e. The SMILES string of the molecule is CCC=CC1=C(c2cc(CCCC)cc(CCCC)c2)[N+](=[N-])C(c2cc(CCCC)cc(CCCC)c2)=C1CCCCCCCCCCCCCCCCCCCC. The topological polar surface area (TPSA) is 25.3 Å². The van der Waals surface area contributed by atoms with Gasteiger partial charge in [0.15, 0.2) is 0 Å². The Morgan fingerprint density at radius 1 is 0.379 bits per heavy atom. The van der Waals surface area contributed by atoms with Crippen molar-refractivity contribution in [1.29, 1.82) is 0 Å². The molecule has 2 heteroatoms. The molecule has 0 atom stereocenters. The molecule has 0 saturated carbocycles. The lowest BCUT2D eigenvalue weighted by Crippen LogP contribution is -2.05. The Balaban J connectivity index is 1.78. The monoisotopic (exact) mass is 791 g/mol. The van der Waals surface area contributed by atoms with E-state index in [2.05, 4.69) is 90.1 Å². The summed E-state index contributed by atoms with van der Waals surface area (Å²) >= 11 is 0. The molecule has 1 aliphatic rings. The van der Waals surface area contributed by atoms with E-state index < -0.39 is 0 Å². The van der Waals surface area contributed by atoms with Gasteiger partial charge in [-0.05, 0) is 117 Å². The maximum Gasteiger partial charge on any atom is 0.215 e. The third-order valence-electron chi connectivity index (χ3n) is 12.5. The molecule has 0 saturated heterocycles. The van der Waals surface area contributed by atoms with Crippen molar-refractivity contribution in [3.63, 3.8) is 0 Å². The van der Waals surface area contributed by atoms with Crippen LogP contribution < -0.4 is 0 Å². The molecule has 0 N–H and O–H groups in total. The van der Waals surface area contributed by atoms with E-state index in [0.717, 1.165) is 49.9 Å². The number of unbranched alkanes of at least 4 members (excludes halogenated alkanes) is 21. The van der Waals surface area contributed by atoms with Gasteiger partial charge in [0.05, 0.1) is 5.57 Å². The van der Waals surface area contributed by atoms with Crippen LogP contribution in [-0.4, -0.2) is 4.70 Å². The molecule has 0 amide bonds. The molecule has 1 aliphatic heterocycles. The van der Waals surface area contributed by atoms with E-state index in [9.17, 15) is 5.53 Å². The summed E-state index contributed by atoms with van der Waals surface area (Å²) in [6.07, 6.45) is 45.6. The average molecular weight is 791 g/mol. The number of rotatable bonds is 35. The Hall–Kier alpha value is -2.74. The van der Waals surface area contributed by atoms with Gasteiger partial charge in [-0.3, -0.25) is 0 Å². The third kappa shape index (κ3) is 18.3. The predicted molar refractivity (Wildman–Crippen MR) is 258 cm³/mol. The minimum Gasteiger partial charge on any atom is -0.493 e. The van der Waals surface area contributed by atoms with Crippen molar-refractivity contribution in [2.75, 3.05) is 0 Å². The van der Waals surface area contributed by atoms with E-state index >= 15 is 0 Å². The summed E-state index contributed by atoms with van der Waals surface area (Å²) in [6.45, 7) is 13.7. The minimum atomic E-state index is 0.982. The van der Waals surface area contributed by atoms with Gasteiger partial charge in [-0.1, -0.05) is 201 Å². The lowest BCUT2D eigenvalue weighted by Gasteiger charge is -2.14. The first-order valence-electron chi connectivity index (χ1n) is 25.4. The Morgan fingerprint density at radius 2 is 0.707 bits per heavy atom. The molecule has 2 nitrogen and oxygen atoms in total. The molecular formula is C56H90N2. The molecule has 58 heavy (non-hydrogen) atoms. The van der Waals surface area contributed by atoms with Gasteiger partial charge in [-0.2, -0.15) is 0 Å². The standard InChI is InChI=1S/C56H90N2/c1-7-13-19-20-21-22-23-24-25-26-27-28-29-30-31-32-33-34-40-54-53(39-18-12-6)55(51-43-47(35-14-8-2)41-48(44-51)36-15-9-3)58(57)56(54)52-45-49(37-16-10-4)42-50(46-52)38-17-11-5/h18,39,41-46H,7-17,19-38,40H2,1-6H3. The summed E-state index contributed by atoms with van der Waals surface area (Å²) in [4.78, 5) is 0. The Bertz CT molecular complexity index is 1470. The molecule has 0 aliphatic carbocycles. The van der Waals surface area contributed by atoms with Gasteiger partial charge in [0, 0.05) is 16.7 Å². The van der Waals surface area contributed by atoms with Crippen LogP contribution in [0.4, 0.5) is 0 Å². The van der Waals surface area contributed by atoms with Crippen LogP contribution in [0.2, 0.25) is 0 Å². The van der Waals surface area contributed by atoms with E-state index in [1.165, 1.54) is 211 Å². The molecule has 0 fully saturated rings. The predicted octanol–water partition coefficient (Wildman–Crippen LogP) is 18.6. The number of allylic oxidation sites excluding steroid dienone is 4. The van der Waals surface area contributed by atoms with Gasteiger partial charge in [0.2, 0.25) is 11.4 Å². The van der Waals surface area contributed by atoms with Crippen molar-refractivity contribution in [3.8, 4) is 0 Å². The molecule has 3 rings (SSSR count). The van der Waals surface area contributed by atoms with Crippen LogP contribution >= 0.6 is 0 Å². The molecule has 2 aromatic carbocycles. The zero-order valence-corrected chi connectivity index (χ0v) is 39.1. The molecule has 0 spiro atoms. The van der Waals surface area contributed by atoms with Crippen LogP contribution in [0.15, 0.2) is 59.7 Å². The van der Waals surface area contributed by atoms with Gasteiger partial charge in [-0.25, -0.2) is 4.70 Å². The van der Waals surface area contributed by atoms with E-state index in [-0.39, 0.29) is 0 Å². The minimum absolute atomic E-state index is 0.982. The number of hydrogen-bond acceptors (Lipinski definition) is 0. The second kappa shape index (κ2) is 31.2. The summed E-state index contributed by atoms with van der Waals surface area (Å²) in [5, 5.41) is 0. The van der Waals surface area contributed by atoms with Gasteiger partial charge < -0.3 is 5.53 Å². The second-order valence-corrected chi connectivity index (χ2v) is 18.0. The van der Waals surface area contributed by atoms with Crippen molar-refractivity contribution >= 4 is 11.4 Å². The highest BCUT2D eigenvalue weighted by molar-refractivity contribution is 5.84. The fourth-order valence-electron chi connectivity index (χ4n) is 8.97. The summed E-state index contributed by atoms with van der Waals surface area (Å²) < 4.78 is 1.63. The first-order chi connectivity index (χ1) is 28.5. The van der Waals surface area contributed by atoms with Crippen LogP contribution in [0.25, 0.3) is 16.9 Å². The summed E-state index contributed by atoms with van der Waals surface area (Å²) in [7, 11) is 0. The van der Waals surface area contributed by atoms with Crippen LogP contribution in [0.5, 0.6) is 0 Å². The van der Waals surface area contributed by atoms with Crippen LogP contribution in [0, 0.1) is 0 Å². The number of benzene rings is 2. The second-order valence-electron chi connectivity index (χ2n) is 18.0. The first kappa shape index (κ1) is 49.6. The maximum absolute atomic E-state index is 12.6. The third-order valence-corrected chi connectivity index (χ3v) is 12.5. The highest BCUT2D eigenvalue weighted by Gasteiger charge is 2.35. The molecule has 2 aromatic rings. The largest absolute Gasteiger partial charge is 0.493 e. The average Bonchev–Trinajstić information content (AvgIpc) is 3.51. The van der Waals surface area contributed by atoms with Crippen molar-refractivity contribution < 1.29 is 4.70 Å². The van der Waals surface area contributed by atoms with Gasteiger partial charge in [0.25, 0.3) is 0 Å².